The van der Waals surface area contributed by atoms with E-state index in [4.69, 9.17) is 5.73 Å². The fourth-order valence-electron chi connectivity index (χ4n) is 3.24. The fraction of sp³-hybridized carbons (Fsp3) is 0.800. The number of rotatable bonds is 4. The first-order valence-electron chi connectivity index (χ1n) is 7.94. The molecule has 2 rings (SSSR count). The third-order valence-corrected chi connectivity index (χ3v) is 4.65. The van der Waals surface area contributed by atoms with Gasteiger partial charge >= 0.3 is 5.97 Å². The van der Waals surface area contributed by atoms with Crippen LogP contribution in [0, 0.1) is 5.92 Å². The van der Waals surface area contributed by atoms with Gasteiger partial charge in [0.15, 0.2) is 0 Å². The molecule has 1 unspecified atom stereocenters. The van der Waals surface area contributed by atoms with Crippen molar-refractivity contribution < 1.29 is 19.5 Å². The van der Waals surface area contributed by atoms with E-state index >= 15 is 0 Å². The highest BCUT2D eigenvalue weighted by atomic mass is 16.4. The molecule has 2 aliphatic rings. The zero-order valence-electron chi connectivity index (χ0n) is 13.2. The number of carbonyl (C=O) groups excluding carboxylic acids is 2. The molecule has 7 nitrogen and oxygen atoms in total. The molecule has 3 atom stereocenters. The molecule has 0 spiro atoms. The predicted octanol–water partition coefficient (Wildman–Crippen LogP) is 0.0363. The minimum absolute atomic E-state index is 0.00223. The summed E-state index contributed by atoms with van der Waals surface area (Å²) in [6, 6.07) is -1.94. The zero-order chi connectivity index (χ0) is 16.4. The van der Waals surface area contributed by atoms with Crippen molar-refractivity contribution in [2.75, 3.05) is 13.1 Å². The summed E-state index contributed by atoms with van der Waals surface area (Å²) in [4.78, 5) is 39.4. The van der Waals surface area contributed by atoms with Crippen molar-refractivity contribution in [1.82, 2.24) is 9.80 Å². The SMILES string of the molecule is CC(C)C(N)C(=O)N1CCC[C@H]1C(=O)N1CCC[C@H]1C(=O)O. The Hall–Kier alpha value is -1.63. The molecule has 2 saturated heterocycles. The number of carbonyl (C=O) groups is 3. The molecule has 0 aromatic rings. The molecule has 0 aromatic heterocycles. The lowest BCUT2D eigenvalue weighted by Gasteiger charge is -2.32. The van der Waals surface area contributed by atoms with E-state index in [9.17, 15) is 19.5 Å². The Morgan fingerprint density at radius 2 is 1.59 bits per heavy atom. The van der Waals surface area contributed by atoms with Gasteiger partial charge in [-0.25, -0.2) is 4.79 Å². The maximum atomic E-state index is 12.7. The average molecular weight is 311 g/mol. The highest BCUT2D eigenvalue weighted by Gasteiger charge is 2.43. The van der Waals surface area contributed by atoms with Crippen LogP contribution in [0.5, 0.6) is 0 Å². The highest BCUT2D eigenvalue weighted by Crippen LogP contribution is 2.25. The first kappa shape index (κ1) is 16.7. The van der Waals surface area contributed by atoms with E-state index in [2.05, 4.69) is 0 Å². The van der Waals surface area contributed by atoms with E-state index in [-0.39, 0.29) is 17.7 Å². The van der Waals surface area contributed by atoms with E-state index in [1.54, 1.807) is 4.90 Å². The van der Waals surface area contributed by atoms with Crippen LogP contribution in [0.3, 0.4) is 0 Å². The summed E-state index contributed by atoms with van der Waals surface area (Å²) in [6.07, 6.45) is 2.50. The number of amides is 2. The lowest BCUT2D eigenvalue weighted by atomic mass is 10.0. The van der Waals surface area contributed by atoms with Gasteiger partial charge in [0.2, 0.25) is 11.8 Å². The van der Waals surface area contributed by atoms with Crippen LogP contribution in [-0.4, -0.2) is 63.9 Å². The van der Waals surface area contributed by atoms with E-state index in [1.807, 2.05) is 13.8 Å². The van der Waals surface area contributed by atoms with Gasteiger partial charge in [-0.3, -0.25) is 9.59 Å². The van der Waals surface area contributed by atoms with Gasteiger partial charge in [0, 0.05) is 13.1 Å². The van der Waals surface area contributed by atoms with Crippen LogP contribution in [0.2, 0.25) is 0 Å². The van der Waals surface area contributed by atoms with Gasteiger partial charge in [-0.15, -0.1) is 0 Å². The third-order valence-electron chi connectivity index (χ3n) is 4.65. The van der Waals surface area contributed by atoms with Crippen molar-refractivity contribution in [1.29, 1.82) is 0 Å². The molecule has 3 N–H and O–H groups in total. The first-order valence-corrected chi connectivity index (χ1v) is 7.94. The third kappa shape index (κ3) is 3.09. The Balaban J connectivity index is 2.11. The molecule has 2 fully saturated rings. The number of nitrogens with zero attached hydrogens (tertiary/aromatic N) is 2. The second-order valence-electron chi connectivity index (χ2n) is 6.49. The molecule has 0 bridgehead atoms. The zero-order valence-corrected chi connectivity index (χ0v) is 13.2. The maximum absolute atomic E-state index is 12.7. The Kier molecular flexibility index (Phi) is 5.05. The van der Waals surface area contributed by atoms with Gasteiger partial charge in [0.1, 0.15) is 12.1 Å². The van der Waals surface area contributed by atoms with Crippen molar-refractivity contribution in [2.24, 2.45) is 11.7 Å². The Bertz CT molecular complexity index is 466. The Morgan fingerprint density at radius 1 is 1.05 bits per heavy atom. The number of aliphatic carboxylic acids is 1. The lowest BCUT2D eigenvalue weighted by Crippen LogP contribution is -2.54. The number of hydrogen-bond acceptors (Lipinski definition) is 4. The molecular formula is C15H25N3O4. The number of carboxylic acids is 1. The van der Waals surface area contributed by atoms with Crippen LogP contribution in [-0.2, 0) is 14.4 Å². The van der Waals surface area contributed by atoms with Crippen molar-refractivity contribution in [3.63, 3.8) is 0 Å². The van der Waals surface area contributed by atoms with Crippen molar-refractivity contribution in [2.45, 2.75) is 57.7 Å². The number of hydrogen-bond donors (Lipinski definition) is 2. The minimum atomic E-state index is -0.972. The lowest BCUT2D eigenvalue weighted by molar-refractivity contribution is -0.152. The summed E-state index contributed by atoms with van der Waals surface area (Å²) in [5.41, 5.74) is 5.92. The van der Waals surface area contributed by atoms with Gasteiger partial charge in [-0.05, 0) is 31.6 Å². The van der Waals surface area contributed by atoms with E-state index in [1.165, 1.54) is 4.90 Å². The van der Waals surface area contributed by atoms with Gasteiger partial charge in [-0.2, -0.15) is 0 Å². The molecule has 0 aromatic carbocycles. The smallest absolute Gasteiger partial charge is 0.326 e. The monoisotopic (exact) mass is 311 g/mol. The van der Waals surface area contributed by atoms with E-state index < -0.39 is 24.1 Å². The second-order valence-corrected chi connectivity index (χ2v) is 6.49. The molecule has 0 aliphatic carbocycles. The molecule has 7 heteroatoms. The molecule has 0 radical (unpaired) electrons. The largest absolute Gasteiger partial charge is 0.480 e. The predicted molar refractivity (Wildman–Crippen MR) is 79.9 cm³/mol. The number of likely N-dealkylation sites (tertiary alicyclic amines) is 2. The van der Waals surface area contributed by atoms with Crippen molar-refractivity contribution in [3.05, 3.63) is 0 Å². The molecule has 22 heavy (non-hydrogen) atoms. The summed E-state index contributed by atoms with van der Waals surface area (Å²) < 4.78 is 0. The standard InChI is InChI=1S/C15H25N3O4/c1-9(2)12(16)14(20)17-7-3-5-10(17)13(19)18-8-4-6-11(18)15(21)22/h9-12H,3-8,16H2,1-2H3,(H,21,22)/t10-,11-,12?/m0/s1. The highest BCUT2D eigenvalue weighted by molar-refractivity contribution is 5.92. The Morgan fingerprint density at radius 3 is 2.14 bits per heavy atom. The normalized spacial score (nSPS) is 26.5. The summed E-state index contributed by atoms with van der Waals surface area (Å²) in [5, 5.41) is 9.22. The van der Waals surface area contributed by atoms with E-state index in [0.29, 0.717) is 32.4 Å². The number of carboxylic acid groups (broad SMARTS) is 1. The van der Waals surface area contributed by atoms with Crippen LogP contribution < -0.4 is 5.73 Å². The summed E-state index contributed by atoms with van der Waals surface area (Å²) in [6.45, 7) is 4.71. The van der Waals surface area contributed by atoms with Crippen molar-refractivity contribution >= 4 is 17.8 Å². The van der Waals surface area contributed by atoms with Crippen LogP contribution in [0.15, 0.2) is 0 Å². The molecule has 0 saturated carbocycles. The van der Waals surface area contributed by atoms with Crippen LogP contribution in [0.1, 0.15) is 39.5 Å². The first-order chi connectivity index (χ1) is 10.3. The van der Waals surface area contributed by atoms with Gasteiger partial charge in [0.25, 0.3) is 0 Å². The molecule has 2 heterocycles. The minimum Gasteiger partial charge on any atom is -0.480 e. The fourth-order valence-corrected chi connectivity index (χ4v) is 3.24. The van der Waals surface area contributed by atoms with Crippen LogP contribution in [0.4, 0.5) is 0 Å². The van der Waals surface area contributed by atoms with Crippen LogP contribution in [0.25, 0.3) is 0 Å². The summed E-state index contributed by atoms with van der Waals surface area (Å²) in [5.74, 6) is -1.42. The van der Waals surface area contributed by atoms with Crippen molar-refractivity contribution in [3.8, 4) is 0 Å². The second kappa shape index (κ2) is 6.64. The molecule has 2 amide bonds. The van der Waals surface area contributed by atoms with E-state index in [0.717, 1.165) is 6.42 Å². The van der Waals surface area contributed by atoms with Gasteiger partial charge in [0.05, 0.1) is 6.04 Å². The Labute approximate surface area is 130 Å². The quantitative estimate of drug-likeness (QED) is 0.762. The van der Waals surface area contributed by atoms with Crippen LogP contribution >= 0.6 is 0 Å². The molecule has 124 valence electrons. The van der Waals surface area contributed by atoms with Gasteiger partial charge in [-0.1, -0.05) is 13.8 Å². The molecule has 2 aliphatic heterocycles. The topological polar surface area (TPSA) is 104 Å². The average Bonchev–Trinajstić information content (AvgIpc) is 3.13. The van der Waals surface area contributed by atoms with Gasteiger partial charge < -0.3 is 20.6 Å². The summed E-state index contributed by atoms with van der Waals surface area (Å²) in [7, 11) is 0. The maximum Gasteiger partial charge on any atom is 0.326 e. The molecular weight excluding hydrogens is 286 g/mol. The summed E-state index contributed by atoms with van der Waals surface area (Å²) >= 11 is 0. The number of nitrogens with two attached hydrogens (primary N) is 1.